The van der Waals surface area contributed by atoms with E-state index in [-0.39, 0.29) is 12.6 Å². The maximum Gasteiger partial charge on any atom is 0.332 e. The van der Waals surface area contributed by atoms with Crippen LogP contribution in [0.3, 0.4) is 0 Å². The van der Waals surface area contributed by atoms with Gasteiger partial charge in [0.1, 0.15) is 0 Å². The van der Waals surface area contributed by atoms with Crippen molar-refractivity contribution in [2.24, 2.45) is 5.73 Å². The Labute approximate surface area is 113 Å². The summed E-state index contributed by atoms with van der Waals surface area (Å²) in [5.74, 6) is -1.21. The van der Waals surface area contributed by atoms with Crippen molar-refractivity contribution in [2.45, 2.75) is 32.4 Å². The molecule has 2 atom stereocenters. The van der Waals surface area contributed by atoms with Crippen molar-refractivity contribution >= 4 is 11.9 Å². The van der Waals surface area contributed by atoms with Crippen LogP contribution in [0.2, 0.25) is 0 Å². The highest BCUT2D eigenvalue weighted by Gasteiger charge is 2.24. The normalized spacial score (nSPS) is 13.4. The summed E-state index contributed by atoms with van der Waals surface area (Å²) in [6.45, 7) is 3.74. The quantitative estimate of drug-likeness (QED) is 0.583. The van der Waals surface area contributed by atoms with Gasteiger partial charge < -0.3 is 15.8 Å². The molecule has 19 heavy (non-hydrogen) atoms. The smallest absolute Gasteiger partial charge is 0.332 e. The van der Waals surface area contributed by atoms with Crippen LogP contribution in [-0.4, -0.2) is 30.6 Å². The molecule has 104 valence electrons. The molecule has 1 amide bonds. The SMILES string of the molecule is CCOC(=O)C(N)C(=O)NC(C)Cc1ccccc1. The average Bonchev–Trinajstić information content (AvgIpc) is 2.39. The molecule has 1 aromatic rings. The van der Waals surface area contributed by atoms with Gasteiger partial charge in [0.2, 0.25) is 5.91 Å². The molecular weight excluding hydrogens is 244 g/mol. The number of hydrogen-bond acceptors (Lipinski definition) is 4. The van der Waals surface area contributed by atoms with Gasteiger partial charge in [0.25, 0.3) is 0 Å². The van der Waals surface area contributed by atoms with Gasteiger partial charge in [-0.15, -0.1) is 0 Å². The fourth-order valence-corrected chi connectivity index (χ4v) is 1.69. The third-order valence-electron chi connectivity index (χ3n) is 2.60. The predicted molar refractivity (Wildman–Crippen MR) is 72.4 cm³/mol. The molecule has 0 radical (unpaired) electrons. The summed E-state index contributed by atoms with van der Waals surface area (Å²) in [7, 11) is 0. The molecule has 0 fully saturated rings. The van der Waals surface area contributed by atoms with Gasteiger partial charge in [-0.1, -0.05) is 30.3 Å². The molecule has 1 aromatic carbocycles. The first-order valence-corrected chi connectivity index (χ1v) is 6.31. The molecular formula is C14H20N2O3. The van der Waals surface area contributed by atoms with Gasteiger partial charge in [-0.25, -0.2) is 4.79 Å². The van der Waals surface area contributed by atoms with Gasteiger partial charge in [0.05, 0.1) is 6.61 Å². The molecule has 5 heteroatoms. The number of benzene rings is 1. The highest BCUT2D eigenvalue weighted by atomic mass is 16.5. The van der Waals surface area contributed by atoms with Crippen molar-refractivity contribution in [3.05, 3.63) is 35.9 Å². The largest absolute Gasteiger partial charge is 0.464 e. The molecule has 0 aromatic heterocycles. The van der Waals surface area contributed by atoms with E-state index in [1.807, 2.05) is 37.3 Å². The zero-order valence-electron chi connectivity index (χ0n) is 11.3. The lowest BCUT2D eigenvalue weighted by Crippen LogP contribution is -2.49. The van der Waals surface area contributed by atoms with Crippen molar-refractivity contribution in [3.8, 4) is 0 Å². The molecule has 0 heterocycles. The number of carbonyl (C=O) groups is 2. The molecule has 0 saturated carbocycles. The van der Waals surface area contributed by atoms with Gasteiger partial charge in [0.15, 0.2) is 6.04 Å². The third-order valence-corrected chi connectivity index (χ3v) is 2.60. The second kappa shape index (κ2) is 7.53. The number of esters is 1. The van der Waals surface area contributed by atoms with E-state index in [9.17, 15) is 9.59 Å². The van der Waals surface area contributed by atoms with E-state index in [2.05, 4.69) is 5.32 Å². The maximum absolute atomic E-state index is 11.7. The lowest BCUT2D eigenvalue weighted by atomic mass is 10.1. The third kappa shape index (κ3) is 5.09. The first kappa shape index (κ1) is 15.2. The number of hydrogen-bond donors (Lipinski definition) is 2. The summed E-state index contributed by atoms with van der Waals surface area (Å²) in [6, 6.07) is 8.40. The monoisotopic (exact) mass is 264 g/mol. The highest BCUT2D eigenvalue weighted by Crippen LogP contribution is 2.02. The standard InChI is InChI=1S/C14H20N2O3/c1-3-19-14(18)12(15)13(17)16-10(2)9-11-7-5-4-6-8-11/h4-8,10,12H,3,9,15H2,1-2H3,(H,16,17). The van der Waals surface area contributed by atoms with Crippen LogP contribution in [0.4, 0.5) is 0 Å². The lowest BCUT2D eigenvalue weighted by Gasteiger charge is -2.16. The Bertz CT molecular complexity index is 420. The van der Waals surface area contributed by atoms with Crippen LogP contribution in [0.5, 0.6) is 0 Å². The molecule has 0 saturated heterocycles. The molecule has 0 aliphatic rings. The highest BCUT2D eigenvalue weighted by molar-refractivity contribution is 6.01. The lowest BCUT2D eigenvalue weighted by molar-refractivity contribution is -0.148. The molecule has 3 N–H and O–H groups in total. The first-order chi connectivity index (χ1) is 9.04. The summed E-state index contributed by atoms with van der Waals surface area (Å²) in [6.07, 6.45) is 0.683. The maximum atomic E-state index is 11.7. The number of nitrogens with one attached hydrogen (secondary N) is 1. The van der Waals surface area contributed by atoms with Gasteiger partial charge in [-0.2, -0.15) is 0 Å². The molecule has 0 aliphatic heterocycles. The Morgan fingerprint density at radius 2 is 1.95 bits per heavy atom. The van der Waals surface area contributed by atoms with E-state index < -0.39 is 17.9 Å². The minimum absolute atomic E-state index is 0.102. The first-order valence-electron chi connectivity index (χ1n) is 6.31. The number of ether oxygens (including phenoxy) is 1. The zero-order valence-corrected chi connectivity index (χ0v) is 11.3. The van der Waals surface area contributed by atoms with Crippen LogP contribution in [0.1, 0.15) is 19.4 Å². The molecule has 1 rings (SSSR count). The minimum Gasteiger partial charge on any atom is -0.464 e. The number of rotatable bonds is 6. The van der Waals surface area contributed by atoms with Crippen LogP contribution in [0.15, 0.2) is 30.3 Å². The summed E-state index contributed by atoms with van der Waals surface area (Å²) < 4.78 is 4.70. The van der Waals surface area contributed by atoms with E-state index in [0.717, 1.165) is 5.56 Å². The van der Waals surface area contributed by atoms with E-state index in [1.165, 1.54) is 0 Å². The van der Waals surface area contributed by atoms with Crippen LogP contribution >= 0.6 is 0 Å². The average molecular weight is 264 g/mol. The van der Waals surface area contributed by atoms with Gasteiger partial charge in [0, 0.05) is 6.04 Å². The van der Waals surface area contributed by atoms with Gasteiger partial charge in [-0.05, 0) is 25.8 Å². The number of nitrogens with two attached hydrogens (primary N) is 1. The fraction of sp³-hybridized carbons (Fsp3) is 0.429. The molecule has 2 unspecified atom stereocenters. The van der Waals surface area contributed by atoms with E-state index in [4.69, 9.17) is 10.5 Å². The van der Waals surface area contributed by atoms with E-state index in [1.54, 1.807) is 6.92 Å². The van der Waals surface area contributed by atoms with Crippen molar-refractivity contribution in [2.75, 3.05) is 6.61 Å². The zero-order chi connectivity index (χ0) is 14.3. The topological polar surface area (TPSA) is 81.4 Å². The van der Waals surface area contributed by atoms with Crippen molar-refractivity contribution < 1.29 is 14.3 Å². The Kier molecular flexibility index (Phi) is 6.02. The predicted octanol–water partition coefficient (Wildman–Crippen LogP) is 0.624. The van der Waals surface area contributed by atoms with Crippen molar-refractivity contribution in [1.29, 1.82) is 0 Å². The van der Waals surface area contributed by atoms with Crippen molar-refractivity contribution in [3.63, 3.8) is 0 Å². The molecule has 0 aliphatic carbocycles. The second-order valence-electron chi connectivity index (χ2n) is 4.33. The van der Waals surface area contributed by atoms with Crippen LogP contribution < -0.4 is 11.1 Å². The van der Waals surface area contributed by atoms with Gasteiger partial charge >= 0.3 is 5.97 Å². The minimum atomic E-state index is -1.27. The number of amides is 1. The van der Waals surface area contributed by atoms with E-state index in [0.29, 0.717) is 6.42 Å². The van der Waals surface area contributed by atoms with Crippen LogP contribution in [-0.2, 0) is 20.7 Å². The summed E-state index contributed by atoms with van der Waals surface area (Å²) in [5, 5.41) is 2.70. The molecule has 0 spiro atoms. The fourth-order valence-electron chi connectivity index (χ4n) is 1.69. The van der Waals surface area contributed by atoms with Gasteiger partial charge in [-0.3, -0.25) is 4.79 Å². The summed E-state index contributed by atoms with van der Waals surface area (Å²) in [4.78, 5) is 23.0. The van der Waals surface area contributed by atoms with Crippen molar-refractivity contribution in [1.82, 2.24) is 5.32 Å². The van der Waals surface area contributed by atoms with Crippen LogP contribution in [0, 0.1) is 0 Å². The molecule has 0 bridgehead atoms. The van der Waals surface area contributed by atoms with Crippen LogP contribution in [0.25, 0.3) is 0 Å². The Morgan fingerprint density at radius 3 is 2.53 bits per heavy atom. The number of carbonyl (C=O) groups excluding carboxylic acids is 2. The summed E-state index contributed by atoms with van der Waals surface area (Å²) in [5.41, 5.74) is 6.61. The Hall–Kier alpha value is -1.88. The Morgan fingerprint density at radius 1 is 1.32 bits per heavy atom. The summed E-state index contributed by atoms with van der Waals surface area (Å²) >= 11 is 0. The van der Waals surface area contributed by atoms with E-state index >= 15 is 0 Å². The second-order valence-corrected chi connectivity index (χ2v) is 4.33. The Balaban J connectivity index is 2.45. The molecule has 5 nitrogen and oxygen atoms in total.